The minimum atomic E-state index is -0.0769. The normalized spacial score (nSPS) is 12.9. The minimum absolute atomic E-state index is 0.0457. The van der Waals surface area contributed by atoms with Gasteiger partial charge in [-0.1, -0.05) is 18.2 Å². The van der Waals surface area contributed by atoms with E-state index < -0.39 is 0 Å². The summed E-state index contributed by atoms with van der Waals surface area (Å²) in [5, 5.41) is 2.71. The summed E-state index contributed by atoms with van der Waals surface area (Å²) < 4.78 is 0. The van der Waals surface area contributed by atoms with E-state index in [2.05, 4.69) is 39.3 Å². The van der Waals surface area contributed by atoms with Crippen molar-refractivity contribution >= 4 is 22.2 Å². The van der Waals surface area contributed by atoms with Gasteiger partial charge in [-0.25, -0.2) is 4.98 Å². The zero-order chi connectivity index (χ0) is 14.8. The number of nitrogens with zero attached hydrogens (tertiary/aromatic N) is 2. The number of aromatic amines is 1. The van der Waals surface area contributed by atoms with E-state index in [0.717, 1.165) is 12.1 Å². The average molecular weight is 299 g/mol. The summed E-state index contributed by atoms with van der Waals surface area (Å²) in [6, 6.07) is 11.6. The number of benzene rings is 1. The van der Waals surface area contributed by atoms with Gasteiger partial charge < -0.3 is 4.98 Å². The van der Waals surface area contributed by atoms with Gasteiger partial charge >= 0.3 is 0 Å². The van der Waals surface area contributed by atoms with E-state index in [1.165, 1.54) is 4.88 Å². The average Bonchev–Trinajstić information content (AvgIpc) is 2.99. The number of hydrogen-bond acceptors (Lipinski definition) is 4. The summed E-state index contributed by atoms with van der Waals surface area (Å²) in [6.07, 6.45) is 0. The zero-order valence-corrected chi connectivity index (χ0v) is 12.9. The molecule has 2 aromatic heterocycles. The Morgan fingerprint density at radius 2 is 2.10 bits per heavy atom. The Labute approximate surface area is 127 Å². The van der Waals surface area contributed by atoms with Gasteiger partial charge in [0.25, 0.3) is 5.56 Å². The van der Waals surface area contributed by atoms with Gasteiger partial charge in [-0.15, -0.1) is 11.3 Å². The molecule has 5 heteroatoms. The number of para-hydroxylation sites is 1. The van der Waals surface area contributed by atoms with Crippen molar-refractivity contribution in [2.75, 3.05) is 7.05 Å². The van der Waals surface area contributed by atoms with Crippen molar-refractivity contribution in [3.05, 3.63) is 62.8 Å². The standard InChI is InChI=1S/C16H17N3OS/c1-11(19(2)10-12-6-5-9-21-12)15-17-14-8-4-3-7-13(14)16(20)18-15/h3-9,11H,10H2,1-2H3,(H,17,18,20)/t11-/m1/s1. The molecule has 0 saturated heterocycles. The minimum Gasteiger partial charge on any atom is -0.309 e. The molecule has 0 unspecified atom stereocenters. The fraction of sp³-hybridized carbons (Fsp3) is 0.250. The first-order chi connectivity index (χ1) is 10.1. The first-order valence-electron chi connectivity index (χ1n) is 6.87. The second-order valence-corrected chi connectivity index (χ2v) is 6.17. The van der Waals surface area contributed by atoms with Crippen LogP contribution in [-0.2, 0) is 6.54 Å². The van der Waals surface area contributed by atoms with Crippen LogP contribution in [0, 0.1) is 0 Å². The highest BCUT2D eigenvalue weighted by atomic mass is 32.1. The van der Waals surface area contributed by atoms with E-state index in [4.69, 9.17) is 0 Å². The molecule has 0 aliphatic rings. The number of aromatic nitrogens is 2. The maximum Gasteiger partial charge on any atom is 0.258 e. The molecule has 21 heavy (non-hydrogen) atoms. The molecule has 0 bridgehead atoms. The highest BCUT2D eigenvalue weighted by Gasteiger charge is 2.16. The van der Waals surface area contributed by atoms with Crippen LogP contribution in [0.15, 0.2) is 46.6 Å². The van der Waals surface area contributed by atoms with Gasteiger partial charge in [-0.2, -0.15) is 0 Å². The summed E-state index contributed by atoms with van der Waals surface area (Å²) in [4.78, 5) is 23.1. The van der Waals surface area contributed by atoms with Crippen molar-refractivity contribution < 1.29 is 0 Å². The van der Waals surface area contributed by atoms with Crippen LogP contribution in [0.4, 0.5) is 0 Å². The molecular weight excluding hydrogens is 282 g/mol. The van der Waals surface area contributed by atoms with Crippen molar-refractivity contribution in [1.29, 1.82) is 0 Å². The van der Waals surface area contributed by atoms with Crippen molar-refractivity contribution in [3.63, 3.8) is 0 Å². The largest absolute Gasteiger partial charge is 0.309 e. The van der Waals surface area contributed by atoms with Gasteiger partial charge in [0, 0.05) is 11.4 Å². The van der Waals surface area contributed by atoms with Gasteiger partial charge in [0.15, 0.2) is 0 Å². The topological polar surface area (TPSA) is 49.0 Å². The third-order valence-corrected chi connectivity index (χ3v) is 4.53. The van der Waals surface area contributed by atoms with Crippen LogP contribution in [0.3, 0.4) is 0 Å². The summed E-state index contributed by atoms with van der Waals surface area (Å²) in [7, 11) is 2.04. The number of rotatable bonds is 4. The van der Waals surface area contributed by atoms with Crippen molar-refractivity contribution in [1.82, 2.24) is 14.9 Å². The van der Waals surface area contributed by atoms with Gasteiger partial charge in [-0.05, 0) is 37.6 Å². The lowest BCUT2D eigenvalue weighted by molar-refractivity contribution is 0.246. The Balaban J connectivity index is 1.90. The van der Waals surface area contributed by atoms with Gasteiger partial charge in [0.2, 0.25) is 0 Å². The lowest BCUT2D eigenvalue weighted by Crippen LogP contribution is -2.25. The molecule has 3 aromatic rings. The highest BCUT2D eigenvalue weighted by Crippen LogP contribution is 2.20. The van der Waals surface area contributed by atoms with E-state index in [1.54, 1.807) is 17.4 Å². The molecule has 1 aromatic carbocycles. The Kier molecular flexibility index (Phi) is 3.86. The van der Waals surface area contributed by atoms with Crippen molar-refractivity contribution in [2.24, 2.45) is 0 Å². The summed E-state index contributed by atoms with van der Waals surface area (Å²) in [5.74, 6) is 0.706. The quantitative estimate of drug-likeness (QED) is 0.805. The Morgan fingerprint density at radius 3 is 2.86 bits per heavy atom. The molecule has 0 spiro atoms. The zero-order valence-electron chi connectivity index (χ0n) is 12.0. The highest BCUT2D eigenvalue weighted by molar-refractivity contribution is 7.09. The van der Waals surface area contributed by atoms with E-state index in [0.29, 0.717) is 11.2 Å². The monoisotopic (exact) mass is 299 g/mol. The van der Waals surface area contributed by atoms with Crippen LogP contribution < -0.4 is 5.56 Å². The van der Waals surface area contributed by atoms with E-state index in [9.17, 15) is 4.79 Å². The van der Waals surface area contributed by atoms with Crippen LogP contribution >= 0.6 is 11.3 Å². The molecule has 0 saturated carbocycles. The molecular formula is C16H17N3OS. The predicted molar refractivity (Wildman–Crippen MR) is 86.6 cm³/mol. The summed E-state index contributed by atoms with van der Waals surface area (Å²) in [5.41, 5.74) is 0.666. The molecule has 108 valence electrons. The van der Waals surface area contributed by atoms with Crippen LogP contribution in [0.25, 0.3) is 10.9 Å². The van der Waals surface area contributed by atoms with E-state index >= 15 is 0 Å². The molecule has 3 rings (SSSR count). The first kappa shape index (κ1) is 14.0. The predicted octanol–water partition coefficient (Wildman–Crippen LogP) is 3.18. The smallest absolute Gasteiger partial charge is 0.258 e. The summed E-state index contributed by atoms with van der Waals surface area (Å²) >= 11 is 1.74. The Hall–Kier alpha value is -1.98. The molecule has 0 radical (unpaired) electrons. The molecule has 1 atom stereocenters. The second kappa shape index (κ2) is 5.79. The lowest BCUT2D eigenvalue weighted by Gasteiger charge is -2.23. The number of fused-ring (bicyclic) bond motifs is 1. The van der Waals surface area contributed by atoms with Crippen molar-refractivity contribution in [2.45, 2.75) is 19.5 Å². The van der Waals surface area contributed by atoms with Gasteiger partial charge in [0.1, 0.15) is 5.82 Å². The van der Waals surface area contributed by atoms with E-state index in [-0.39, 0.29) is 11.6 Å². The molecule has 0 aliphatic carbocycles. The molecule has 2 heterocycles. The van der Waals surface area contributed by atoms with Gasteiger partial charge in [-0.3, -0.25) is 9.69 Å². The first-order valence-corrected chi connectivity index (χ1v) is 7.74. The summed E-state index contributed by atoms with van der Waals surface area (Å²) in [6.45, 7) is 2.90. The Bertz CT molecular complexity index is 795. The van der Waals surface area contributed by atoms with Crippen LogP contribution in [0.5, 0.6) is 0 Å². The third-order valence-electron chi connectivity index (χ3n) is 3.67. The number of thiophene rings is 1. The maximum absolute atomic E-state index is 12.1. The Morgan fingerprint density at radius 1 is 1.29 bits per heavy atom. The van der Waals surface area contributed by atoms with Crippen LogP contribution in [0.1, 0.15) is 23.7 Å². The molecule has 4 nitrogen and oxygen atoms in total. The lowest BCUT2D eigenvalue weighted by atomic mass is 10.2. The molecule has 1 N–H and O–H groups in total. The molecule has 0 amide bonds. The van der Waals surface area contributed by atoms with Crippen LogP contribution in [0.2, 0.25) is 0 Å². The number of H-pyrrole nitrogens is 1. The molecule has 0 aliphatic heterocycles. The van der Waals surface area contributed by atoms with Gasteiger partial charge in [0.05, 0.1) is 16.9 Å². The molecule has 0 fully saturated rings. The fourth-order valence-electron chi connectivity index (χ4n) is 2.30. The van der Waals surface area contributed by atoms with Crippen molar-refractivity contribution in [3.8, 4) is 0 Å². The number of hydrogen-bond donors (Lipinski definition) is 1. The maximum atomic E-state index is 12.1. The fourth-order valence-corrected chi connectivity index (χ4v) is 3.06. The second-order valence-electron chi connectivity index (χ2n) is 5.14. The van der Waals surface area contributed by atoms with E-state index in [1.807, 2.05) is 25.2 Å². The SMILES string of the molecule is C[C@H](c1nc2ccccc2c(=O)[nH]1)N(C)Cc1cccs1. The number of nitrogens with one attached hydrogen (secondary N) is 1. The van der Waals surface area contributed by atoms with Crippen LogP contribution in [-0.4, -0.2) is 21.9 Å². The third kappa shape index (κ3) is 2.89.